The maximum absolute atomic E-state index is 4.19. The lowest BCUT2D eigenvalue weighted by molar-refractivity contribution is 0.360. The summed E-state index contributed by atoms with van der Waals surface area (Å²) in [7, 11) is 0.421. The SMILES string of the molecule is CB1N(c2ccccc2)[Si]N(c2nn[nH]n2)B(C)N1C(C)(C)C. The van der Waals surface area contributed by atoms with E-state index in [2.05, 4.69) is 93.0 Å². The maximum Gasteiger partial charge on any atom is 0.325 e. The Labute approximate surface area is 140 Å². The summed E-state index contributed by atoms with van der Waals surface area (Å²) in [6, 6.07) is 10.5. The van der Waals surface area contributed by atoms with Crippen LogP contribution in [0.4, 0.5) is 11.6 Å². The predicted molar refractivity (Wildman–Crippen MR) is 96.2 cm³/mol. The second kappa shape index (κ2) is 6.01. The van der Waals surface area contributed by atoms with Crippen molar-refractivity contribution >= 4 is 35.4 Å². The topological polar surface area (TPSA) is 64.2 Å². The molecule has 1 fully saturated rings. The summed E-state index contributed by atoms with van der Waals surface area (Å²) >= 11 is 0. The minimum absolute atomic E-state index is 0.0126. The van der Waals surface area contributed by atoms with Gasteiger partial charge in [-0.25, -0.2) is 0 Å². The van der Waals surface area contributed by atoms with Gasteiger partial charge in [-0.3, -0.25) is 0 Å². The lowest BCUT2D eigenvalue weighted by Gasteiger charge is -2.53. The van der Waals surface area contributed by atoms with Gasteiger partial charge in [-0.2, -0.15) is 5.21 Å². The fourth-order valence-electron chi connectivity index (χ4n) is 3.30. The largest absolute Gasteiger partial charge is 0.413 e. The zero-order valence-electron chi connectivity index (χ0n) is 14.2. The fourth-order valence-corrected chi connectivity index (χ4v) is 4.56. The third-order valence-corrected chi connectivity index (χ3v) is 5.76. The molecular formula is C13H21B2N7Si. The molecule has 10 heteroatoms. The fraction of sp³-hybridized carbons (Fsp3) is 0.462. The van der Waals surface area contributed by atoms with Crippen molar-refractivity contribution in [1.82, 2.24) is 25.3 Å². The van der Waals surface area contributed by atoms with Crippen LogP contribution in [0.1, 0.15) is 20.8 Å². The van der Waals surface area contributed by atoms with E-state index < -0.39 is 0 Å². The standard InChI is InChI=1S/C13H21B2N7Si/c1-13(2,3)22-14(4)20(11-9-7-6-8-10-11)23-21(15(22)5)12-16-18-19-17-12/h6-10H,1-5H3,(H,16,17,18,19). The molecule has 1 aromatic carbocycles. The van der Waals surface area contributed by atoms with Crippen molar-refractivity contribution in [3.05, 3.63) is 30.3 Å². The van der Waals surface area contributed by atoms with E-state index in [1.165, 1.54) is 5.69 Å². The van der Waals surface area contributed by atoms with Gasteiger partial charge < -0.3 is 13.7 Å². The van der Waals surface area contributed by atoms with Gasteiger partial charge in [0.25, 0.3) is 0 Å². The molecule has 118 valence electrons. The van der Waals surface area contributed by atoms with Crippen molar-refractivity contribution in [2.75, 3.05) is 8.95 Å². The average Bonchev–Trinajstić information content (AvgIpc) is 3.01. The molecule has 2 aromatic rings. The first kappa shape index (κ1) is 16.1. The van der Waals surface area contributed by atoms with Gasteiger partial charge in [-0.1, -0.05) is 36.9 Å². The van der Waals surface area contributed by atoms with Crippen LogP contribution in [0, 0.1) is 0 Å². The lowest BCUT2D eigenvalue weighted by Crippen LogP contribution is -2.75. The number of para-hydroxylation sites is 1. The van der Waals surface area contributed by atoms with Gasteiger partial charge in [0, 0.05) is 5.69 Å². The second-order valence-electron chi connectivity index (χ2n) is 6.73. The van der Waals surface area contributed by atoms with Gasteiger partial charge in [-0.15, -0.1) is 5.10 Å². The first-order chi connectivity index (χ1) is 10.9. The summed E-state index contributed by atoms with van der Waals surface area (Å²) in [6.45, 7) is 11.6. The Kier molecular flexibility index (Phi) is 4.20. The maximum atomic E-state index is 4.19. The number of aromatic nitrogens is 4. The Bertz CT molecular complexity index is 634. The van der Waals surface area contributed by atoms with Crippen LogP contribution >= 0.6 is 0 Å². The van der Waals surface area contributed by atoms with E-state index in [1.54, 1.807) is 0 Å². The molecule has 0 unspecified atom stereocenters. The molecule has 0 atom stereocenters. The molecule has 1 N–H and O–H groups in total. The summed E-state index contributed by atoms with van der Waals surface area (Å²) in [5.74, 6) is 0.637. The zero-order valence-corrected chi connectivity index (χ0v) is 15.2. The van der Waals surface area contributed by atoms with Gasteiger partial charge in [0.2, 0.25) is 5.95 Å². The smallest absolute Gasteiger partial charge is 0.325 e. The van der Waals surface area contributed by atoms with Gasteiger partial charge in [-0.05, 0) is 43.7 Å². The number of nitrogens with one attached hydrogen (secondary N) is 1. The monoisotopic (exact) mass is 325 g/mol. The highest BCUT2D eigenvalue weighted by molar-refractivity contribution is 6.92. The Morgan fingerprint density at radius 2 is 1.70 bits per heavy atom. The normalized spacial score (nSPS) is 17.1. The van der Waals surface area contributed by atoms with Crippen LogP contribution in [-0.4, -0.2) is 54.7 Å². The first-order valence-corrected chi connectivity index (χ1v) is 8.71. The quantitative estimate of drug-likeness (QED) is 0.842. The Morgan fingerprint density at radius 1 is 1.04 bits per heavy atom. The van der Waals surface area contributed by atoms with Crippen LogP contribution in [0.2, 0.25) is 13.6 Å². The molecule has 0 amide bonds. The molecule has 7 nitrogen and oxygen atoms in total. The van der Waals surface area contributed by atoms with Crippen LogP contribution in [0.15, 0.2) is 30.3 Å². The van der Waals surface area contributed by atoms with Crippen LogP contribution in [0.5, 0.6) is 0 Å². The Hall–Kier alpha value is -1.80. The van der Waals surface area contributed by atoms with E-state index in [1.807, 2.05) is 6.07 Å². The van der Waals surface area contributed by atoms with E-state index in [0.717, 1.165) is 0 Å². The van der Waals surface area contributed by atoms with Crippen molar-refractivity contribution in [1.29, 1.82) is 0 Å². The van der Waals surface area contributed by atoms with E-state index in [9.17, 15) is 0 Å². The van der Waals surface area contributed by atoms with Crippen molar-refractivity contribution < 1.29 is 0 Å². The van der Waals surface area contributed by atoms with E-state index >= 15 is 0 Å². The summed E-state index contributed by atoms with van der Waals surface area (Å²) in [5, 5.41) is 14.7. The highest BCUT2D eigenvalue weighted by Gasteiger charge is 2.47. The van der Waals surface area contributed by atoms with Gasteiger partial charge in [0.1, 0.15) is 0 Å². The highest BCUT2D eigenvalue weighted by atomic mass is 28.2. The number of rotatable bonds is 2. The summed E-state index contributed by atoms with van der Waals surface area (Å²) in [4.78, 5) is 0. The average molecular weight is 325 g/mol. The molecule has 0 spiro atoms. The third kappa shape index (κ3) is 3.00. The number of hydrogen-bond donors (Lipinski definition) is 1. The molecule has 0 aliphatic carbocycles. The van der Waals surface area contributed by atoms with E-state index in [4.69, 9.17) is 0 Å². The van der Waals surface area contributed by atoms with Crippen LogP contribution in [-0.2, 0) is 0 Å². The summed E-state index contributed by atoms with van der Waals surface area (Å²) < 4.78 is 7.07. The second-order valence-corrected chi connectivity index (χ2v) is 7.89. The zero-order chi connectivity index (χ0) is 16.6. The number of benzene rings is 1. The molecule has 23 heavy (non-hydrogen) atoms. The van der Waals surface area contributed by atoms with Crippen molar-refractivity contribution in [3.63, 3.8) is 0 Å². The number of aromatic amines is 1. The number of hydrogen-bond acceptors (Lipinski definition) is 6. The molecule has 0 saturated carbocycles. The molecule has 1 aliphatic heterocycles. The molecule has 2 heterocycles. The van der Waals surface area contributed by atoms with Crippen LogP contribution in [0.25, 0.3) is 0 Å². The molecule has 1 saturated heterocycles. The van der Waals surface area contributed by atoms with Gasteiger partial charge in [0.05, 0.1) is 0 Å². The highest BCUT2D eigenvalue weighted by Crippen LogP contribution is 2.29. The number of anilines is 2. The molecule has 1 aromatic heterocycles. The van der Waals surface area contributed by atoms with Crippen LogP contribution < -0.4 is 8.95 Å². The molecule has 0 bridgehead atoms. The van der Waals surface area contributed by atoms with Crippen molar-refractivity contribution in [3.8, 4) is 0 Å². The molecular weight excluding hydrogens is 304 g/mol. The minimum Gasteiger partial charge on any atom is -0.413 e. The summed E-state index contributed by atoms with van der Waals surface area (Å²) in [6.07, 6.45) is 0. The van der Waals surface area contributed by atoms with E-state index in [-0.39, 0.29) is 19.5 Å². The number of tetrazole rings is 1. The summed E-state index contributed by atoms with van der Waals surface area (Å²) in [5.41, 5.74) is 1.21. The molecule has 1 aliphatic rings. The Balaban J connectivity index is 2.01. The van der Waals surface area contributed by atoms with Crippen LogP contribution in [0.3, 0.4) is 0 Å². The Morgan fingerprint density at radius 3 is 2.26 bits per heavy atom. The minimum atomic E-state index is 0.0126. The van der Waals surface area contributed by atoms with Gasteiger partial charge in [0.15, 0.2) is 0 Å². The van der Waals surface area contributed by atoms with Gasteiger partial charge >= 0.3 is 23.8 Å². The van der Waals surface area contributed by atoms with Crippen molar-refractivity contribution in [2.45, 2.75) is 40.0 Å². The first-order valence-electron chi connectivity index (χ1n) is 7.81. The number of nitrogens with zero attached hydrogens (tertiary/aromatic N) is 6. The lowest BCUT2D eigenvalue weighted by atomic mass is 9.58. The number of H-pyrrole nitrogens is 1. The van der Waals surface area contributed by atoms with E-state index in [0.29, 0.717) is 15.8 Å². The van der Waals surface area contributed by atoms with Crippen molar-refractivity contribution in [2.24, 2.45) is 0 Å². The third-order valence-electron chi connectivity index (χ3n) is 4.13. The molecule has 2 radical (unpaired) electrons. The molecule has 3 rings (SSSR count). The predicted octanol–water partition coefficient (Wildman–Crippen LogP) is 1.40.